The zero-order valence-corrected chi connectivity index (χ0v) is 26.8. The first-order chi connectivity index (χ1) is 20.7. The number of carbonyl (C=O) groups is 1. The molecule has 1 aliphatic carbocycles. The van der Waals surface area contributed by atoms with Crippen molar-refractivity contribution in [1.29, 1.82) is 0 Å². The molecule has 2 fully saturated rings. The predicted octanol–water partition coefficient (Wildman–Crippen LogP) is 5.65. The van der Waals surface area contributed by atoms with Crippen molar-refractivity contribution in [2.75, 3.05) is 41.1 Å². The molecular weight excluding hydrogens is 629 g/mol. The fourth-order valence-electron chi connectivity index (χ4n) is 5.86. The van der Waals surface area contributed by atoms with Gasteiger partial charge >= 0.3 is 0 Å². The molecule has 0 atom stereocenters. The lowest BCUT2D eigenvalue weighted by Crippen LogP contribution is -2.42. The summed E-state index contributed by atoms with van der Waals surface area (Å²) >= 11 is 14.1. The lowest BCUT2D eigenvalue weighted by Gasteiger charge is -2.34. The highest BCUT2D eigenvalue weighted by atomic mass is 35.5. The molecule has 43 heavy (non-hydrogen) atoms. The van der Waals surface area contributed by atoms with Gasteiger partial charge in [0.2, 0.25) is 16.0 Å². The molecular formula is C29H33Cl2N7O3S2. The fraction of sp³-hybridized carbons (Fsp3) is 0.414. The van der Waals surface area contributed by atoms with Gasteiger partial charge < -0.3 is 15.5 Å². The molecule has 0 unspecified atom stereocenters. The number of para-hydroxylation sites is 1. The van der Waals surface area contributed by atoms with Crippen LogP contribution in [-0.2, 0) is 10.0 Å². The summed E-state index contributed by atoms with van der Waals surface area (Å²) in [5, 5.41) is 7.76. The molecule has 1 saturated heterocycles. The minimum Gasteiger partial charge on any atom is -0.370 e. The van der Waals surface area contributed by atoms with Gasteiger partial charge in [-0.05, 0) is 63.1 Å². The van der Waals surface area contributed by atoms with Gasteiger partial charge in [0.15, 0.2) is 0 Å². The highest BCUT2D eigenvalue weighted by molar-refractivity contribution is 7.99. The summed E-state index contributed by atoms with van der Waals surface area (Å²) in [7, 11) is -1.82. The second-order valence-corrected chi connectivity index (χ2v) is 14.4. The maximum absolute atomic E-state index is 13.7. The Morgan fingerprint density at radius 1 is 1.00 bits per heavy atom. The molecule has 1 aromatic heterocycles. The van der Waals surface area contributed by atoms with Gasteiger partial charge in [0, 0.05) is 37.1 Å². The third-order valence-corrected chi connectivity index (χ3v) is 11.3. The number of nitrogens with zero attached hydrogens (tertiary/aromatic N) is 4. The molecule has 1 saturated carbocycles. The number of rotatable bonds is 8. The van der Waals surface area contributed by atoms with Crippen molar-refractivity contribution in [2.45, 2.75) is 60.5 Å². The largest absolute Gasteiger partial charge is 0.370 e. The van der Waals surface area contributed by atoms with Crippen LogP contribution in [0.1, 0.15) is 48.9 Å². The summed E-state index contributed by atoms with van der Waals surface area (Å²) in [6.07, 6.45) is 7.09. The van der Waals surface area contributed by atoms with Gasteiger partial charge in [-0.1, -0.05) is 53.9 Å². The van der Waals surface area contributed by atoms with Crippen molar-refractivity contribution in [2.24, 2.45) is 0 Å². The monoisotopic (exact) mass is 661 g/mol. The molecule has 14 heteroatoms. The number of benzene rings is 2. The van der Waals surface area contributed by atoms with E-state index < -0.39 is 10.0 Å². The third kappa shape index (κ3) is 6.45. The van der Waals surface area contributed by atoms with Crippen LogP contribution in [0.5, 0.6) is 0 Å². The Bertz CT molecular complexity index is 1610. The van der Waals surface area contributed by atoms with Gasteiger partial charge in [0.25, 0.3) is 5.91 Å². The first kappa shape index (κ1) is 30.4. The number of hydrogen-bond acceptors (Lipinski definition) is 9. The van der Waals surface area contributed by atoms with E-state index in [1.165, 1.54) is 22.9 Å². The van der Waals surface area contributed by atoms with Crippen molar-refractivity contribution in [3.8, 4) is 0 Å². The number of carbonyl (C=O) groups excluding carboxylic acids is 1. The maximum atomic E-state index is 13.7. The number of aromatic nitrogens is 2. The maximum Gasteiger partial charge on any atom is 0.263 e. The van der Waals surface area contributed by atoms with Gasteiger partial charge in [0.1, 0.15) is 9.92 Å². The molecule has 2 aliphatic heterocycles. The number of piperidine rings is 1. The van der Waals surface area contributed by atoms with E-state index in [4.69, 9.17) is 23.2 Å². The topological polar surface area (TPSA) is 120 Å². The Kier molecular flexibility index (Phi) is 9.04. The van der Waals surface area contributed by atoms with Crippen molar-refractivity contribution in [1.82, 2.24) is 20.0 Å². The second kappa shape index (κ2) is 12.8. The minimum absolute atomic E-state index is 0.0525. The van der Waals surface area contributed by atoms with E-state index in [-0.39, 0.29) is 28.7 Å². The number of fused-ring (bicyclic) bond motifs is 1. The van der Waals surface area contributed by atoms with Crippen molar-refractivity contribution >= 4 is 73.9 Å². The van der Waals surface area contributed by atoms with E-state index in [1.54, 1.807) is 24.3 Å². The van der Waals surface area contributed by atoms with Crippen LogP contribution >= 0.6 is 35.0 Å². The third-order valence-electron chi connectivity index (χ3n) is 8.19. The average Bonchev–Trinajstić information content (AvgIpc) is 3.50. The highest BCUT2D eigenvalue weighted by Crippen LogP contribution is 2.40. The van der Waals surface area contributed by atoms with Crippen LogP contribution in [0, 0.1) is 0 Å². The standard InChI is InChI=1S/C29H33Cl2N7O3S2/c1-32-18-11-13-37(14-12-18)24-10-9-20(15-25(24)43(40,41)36-19-5-2-3-6-19)34-29-33-16-21-27(35-29)42-17-38(28(21)39)26-22(30)7-4-8-23(26)31/h4,7-10,15-16,18-19,32,36H,2-3,5-6,11-14,17H2,1H3,(H,33,34,35). The Morgan fingerprint density at radius 3 is 2.42 bits per heavy atom. The lowest BCUT2D eigenvalue weighted by molar-refractivity contribution is 0.0985. The van der Waals surface area contributed by atoms with Gasteiger partial charge in [-0.3, -0.25) is 9.69 Å². The van der Waals surface area contributed by atoms with Crippen LogP contribution in [0.15, 0.2) is 52.5 Å². The van der Waals surface area contributed by atoms with Crippen molar-refractivity contribution in [3.63, 3.8) is 0 Å². The average molecular weight is 663 g/mol. The molecule has 0 bridgehead atoms. The van der Waals surface area contributed by atoms with E-state index in [2.05, 4.69) is 30.2 Å². The molecule has 3 heterocycles. The molecule has 3 N–H and O–H groups in total. The summed E-state index contributed by atoms with van der Waals surface area (Å²) in [5.41, 5.74) is 2.02. The van der Waals surface area contributed by atoms with Gasteiger partial charge in [0.05, 0.1) is 32.9 Å². The Labute approximate surface area is 266 Å². The van der Waals surface area contributed by atoms with Crippen LogP contribution in [0.2, 0.25) is 10.0 Å². The number of nitrogens with one attached hydrogen (secondary N) is 3. The van der Waals surface area contributed by atoms with Crippen LogP contribution < -0.4 is 25.2 Å². The number of anilines is 4. The summed E-state index contributed by atoms with van der Waals surface area (Å²) in [6, 6.07) is 10.8. The predicted molar refractivity (Wildman–Crippen MR) is 173 cm³/mol. The molecule has 0 spiro atoms. The summed E-state index contributed by atoms with van der Waals surface area (Å²) in [6.45, 7) is 1.53. The van der Waals surface area contributed by atoms with E-state index in [0.29, 0.717) is 43.7 Å². The molecule has 0 radical (unpaired) electrons. The molecule has 228 valence electrons. The summed E-state index contributed by atoms with van der Waals surface area (Å²) < 4.78 is 30.4. The van der Waals surface area contributed by atoms with Gasteiger partial charge in [-0.15, -0.1) is 0 Å². The van der Waals surface area contributed by atoms with Crippen LogP contribution in [-0.4, -0.2) is 62.4 Å². The van der Waals surface area contributed by atoms with E-state index in [9.17, 15) is 13.2 Å². The second-order valence-electron chi connectivity index (χ2n) is 10.9. The Morgan fingerprint density at radius 2 is 1.72 bits per heavy atom. The van der Waals surface area contributed by atoms with E-state index >= 15 is 0 Å². The Hall–Kier alpha value is -2.61. The van der Waals surface area contributed by atoms with Crippen LogP contribution in [0.3, 0.4) is 0 Å². The molecule has 6 rings (SSSR count). The zero-order valence-electron chi connectivity index (χ0n) is 23.6. The molecule has 10 nitrogen and oxygen atoms in total. The first-order valence-electron chi connectivity index (χ1n) is 14.3. The number of halogens is 2. The van der Waals surface area contributed by atoms with Crippen LogP contribution in [0.25, 0.3) is 0 Å². The zero-order chi connectivity index (χ0) is 30.1. The Balaban J connectivity index is 1.26. The van der Waals surface area contributed by atoms with Crippen LogP contribution in [0.4, 0.5) is 23.0 Å². The molecule has 3 aliphatic rings. The number of hydrogen-bond donors (Lipinski definition) is 3. The van der Waals surface area contributed by atoms with Crippen molar-refractivity contribution in [3.05, 3.63) is 58.2 Å². The molecule has 2 aromatic carbocycles. The lowest BCUT2D eigenvalue weighted by atomic mass is 10.0. The smallest absolute Gasteiger partial charge is 0.263 e. The van der Waals surface area contributed by atoms with Crippen molar-refractivity contribution < 1.29 is 13.2 Å². The quantitative estimate of drug-likeness (QED) is 0.263. The summed E-state index contributed by atoms with van der Waals surface area (Å²) in [4.78, 5) is 26.2. The summed E-state index contributed by atoms with van der Waals surface area (Å²) in [5.74, 6) is 0.242. The molecule has 1 amide bonds. The first-order valence-corrected chi connectivity index (χ1v) is 17.6. The number of amides is 1. The number of sulfonamides is 1. The SMILES string of the molecule is CNC1CCN(c2ccc(Nc3ncc4c(n3)SCN(c3c(Cl)cccc3Cl)C4=O)cc2S(=O)(=O)NC2CCCC2)CC1. The number of thioether (sulfide) groups is 1. The van der Waals surface area contributed by atoms with Gasteiger partial charge in [-0.25, -0.2) is 23.1 Å². The highest BCUT2D eigenvalue weighted by Gasteiger charge is 2.32. The van der Waals surface area contributed by atoms with Gasteiger partial charge in [-0.2, -0.15) is 0 Å². The fourth-order valence-corrected chi connectivity index (χ4v) is 8.96. The van der Waals surface area contributed by atoms with E-state index in [0.717, 1.165) is 51.6 Å². The minimum atomic E-state index is -3.78. The molecule has 3 aromatic rings. The normalized spacial score (nSPS) is 18.3. The van der Waals surface area contributed by atoms with E-state index in [1.807, 2.05) is 19.2 Å².